The van der Waals surface area contributed by atoms with E-state index < -0.39 is 0 Å². The van der Waals surface area contributed by atoms with Gasteiger partial charge in [-0.05, 0) is 12.1 Å². The van der Waals surface area contributed by atoms with Gasteiger partial charge in [-0.3, -0.25) is 4.79 Å². The van der Waals surface area contributed by atoms with Crippen LogP contribution in [-0.4, -0.2) is 29.6 Å². The van der Waals surface area contributed by atoms with Crippen molar-refractivity contribution in [1.82, 2.24) is 4.98 Å². The molecule has 3 N–H and O–H groups in total. The number of carbonyl (C=O) groups excluding carboxylic acids is 1. The molecule has 1 heterocycles. The molecule has 6 heteroatoms. The Morgan fingerprint density at radius 1 is 1.47 bits per heavy atom. The Kier molecular flexibility index (Phi) is 3.91. The van der Waals surface area contributed by atoms with Crippen LogP contribution < -0.4 is 11.1 Å². The molecule has 0 saturated carbocycles. The fourth-order valence-corrected chi connectivity index (χ4v) is 1.82. The minimum absolute atomic E-state index is 0.0114. The third kappa shape index (κ3) is 2.97. The van der Waals surface area contributed by atoms with Crippen molar-refractivity contribution in [3.63, 3.8) is 0 Å². The first-order valence-corrected chi connectivity index (χ1v) is 6.03. The van der Waals surface area contributed by atoms with Crippen LogP contribution in [0, 0.1) is 0 Å². The summed E-state index contributed by atoms with van der Waals surface area (Å²) >= 11 is 5.00. The molecule has 0 saturated heterocycles. The number of nitrogens with one attached hydrogen (secondary N) is 1. The van der Waals surface area contributed by atoms with Crippen LogP contribution in [0.4, 0.5) is 5.82 Å². The van der Waals surface area contributed by atoms with Crippen molar-refractivity contribution < 1.29 is 9.53 Å². The second-order valence-electron chi connectivity index (χ2n) is 3.87. The van der Waals surface area contributed by atoms with E-state index in [9.17, 15) is 4.79 Å². The van der Waals surface area contributed by atoms with E-state index in [1.165, 1.54) is 7.11 Å². The van der Waals surface area contributed by atoms with Crippen LogP contribution in [0.5, 0.6) is 0 Å². The molecule has 0 aliphatic heterocycles. The first-order valence-electron chi connectivity index (χ1n) is 5.62. The number of anilines is 1. The van der Waals surface area contributed by atoms with Crippen LogP contribution in [0.2, 0.25) is 0 Å². The highest BCUT2D eigenvalue weighted by Crippen LogP contribution is 2.20. The number of thiocarbonyl (C=S) groups is 1. The molecule has 0 atom stereocenters. The van der Waals surface area contributed by atoms with Crippen molar-refractivity contribution in [3.8, 4) is 0 Å². The van der Waals surface area contributed by atoms with Gasteiger partial charge in [0.2, 0.25) is 0 Å². The summed E-state index contributed by atoms with van der Waals surface area (Å²) in [6.07, 6.45) is 0. The minimum Gasteiger partial charge on any atom is -0.468 e. The molecule has 0 amide bonds. The summed E-state index contributed by atoms with van der Waals surface area (Å²) in [5.41, 5.74) is 7.09. The number of fused-ring (bicyclic) bond motifs is 1. The molecule has 0 radical (unpaired) electrons. The smallest absolute Gasteiger partial charge is 0.325 e. The molecule has 0 unspecified atom stereocenters. The van der Waals surface area contributed by atoms with Crippen molar-refractivity contribution in [1.29, 1.82) is 0 Å². The normalized spacial score (nSPS) is 10.2. The van der Waals surface area contributed by atoms with Crippen molar-refractivity contribution in [2.24, 2.45) is 5.73 Å². The molecule has 1 aromatic carbocycles. The van der Waals surface area contributed by atoms with Gasteiger partial charge in [0.05, 0.1) is 18.2 Å². The number of esters is 1. The van der Waals surface area contributed by atoms with Crippen LogP contribution >= 0.6 is 12.2 Å². The van der Waals surface area contributed by atoms with Gasteiger partial charge in [0.25, 0.3) is 0 Å². The van der Waals surface area contributed by atoms with Crippen LogP contribution in [0.15, 0.2) is 30.3 Å². The second-order valence-corrected chi connectivity index (χ2v) is 4.31. The molecule has 5 nitrogen and oxygen atoms in total. The van der Waals surface area contributed by atoms with Crippen LogP contribution in [0.25, 0.3) is 10.9 Å². The summed E-state index contributed by atoms with van der Waals surface area (Å²) in [7, 11) is 1.33. The number of hydrogen-bond acceptors (Lipinski definition) is 5. The Morgan fingerprint density at radius 2 is 2.21 bits per heavy atom. The van der Waals surface area contributed by atoms with Gasteiger partial charge in [-0.15, -0.1) is 0 Å². The number of ether oxygens (including phenoxy) is 1. The van der Waals surface area contributed by atoms with Crippen LogP contribution in [0.1, 0.15) is 5.56 Å². The van der Waals surface area contributed by atoms with Crippen molar-refractivity contribution in [2.45, 2.75) is 0 Å². The monoisotopic (exact) mass is 275 g/mol. The van der Waals surface area contributed by atoms with E-state index in [4.69, 9.17) is 18.0 Å². The Hall–Kier alpha value is -2.21. The summed E-state index contributed by atoms with van der Waals surface area (Å²) in [5.74, 6) is 0.0976. The quantitative estimate of drug-likeness (QED) is 0.649. The Labute approximate surface area is 115 Å². The number of para-hydroxylation sites is 1. The van der Waals surface area contributed by atoms with E-state index >= 15 is 0 Å². The molecule has 1 aromatic heterocycles. The lowest BCUT2D eigenvalue weighted by Crippen LogP contribution is -2.19. The van der Waals surface area contributed by atoms with Gasteiger partial charge in [0.15, 0.2) is 0 Å². The number of nitrogens with two attached hydrogens (primary N) is 1. The molecule has 0 spiro atoms. The lowest BCUT2D eigenvalue weighted by atomic mass is 10.1. The maximum atomic E-state index is 11.2. The molecule has 0 bridgehead atoms. The average molecular weight is 275 g/mol. The van der Waals surface area contributed by atoms with Crippen molar-refractivity contribution in [2.75, 3.05) is 19.0 Å². The molecule has 2 rings (SSSR count). The van der Waals surface area contributed by atoms with E-state index in [-0.39, 0.29) is 17.5 Å². The fourth-order valence-electron chi connectivity index (χ4n) is 1.67. The van der Waals surface area contributed by atoms with Gasteiger partial charge in [-0.25, -0.2) is 4.98 Å². The third-order valence-electron chi connectivity index (χ3n) is 2.62. The Morgan fingerprint density at radius 3 is 2.89 bits per heavy atom. The largest absolute Gasteiger partial charge is 0.468 e. The van der Waals surface area contributed by atoms with E-state index in [2.05, 4.69) is 15.0 Å². The maximum Gasteiger partial charge on any atom is 0.325 e. The van der Waals surface area contributed by atoms with E-state index in [1.807, 2.05) is 30.3 Å². The van der Waals surface area contributed by atoms with Crippen molar-refractivity contribution in [3.05, 3.63) is 35.9 Å². The molecular formula is C13H13N3O2S. The summed E-state index contributed by atoms with van der Waals surface area (Å²) in [5, 5.41) is 3.82. The molecule has 0 aliphatic carbocycles. The summed E-state index contributed by atoms with van der Waals surface area (Å²) in [6.45, 7) is 0.0114. The highest BCUT2D eigenvalue weighted by Gasteiger charge is 2.10. The predicted molar refractivity (Wildman–Crippen MR) is 78.1 cm³/mol. The highest BCUT2D eigenvalue weighted by atomic mass is 32.1. The van der Waals surface area contributed by atoms with Gasteiger partial charge in [-0.2, -0.15) is 0 Å². The average Bonchev–Trinajstić information content (AvgIpc) is 2.43. The molecule has 19 heavy (non-hydrogen) atoms. The maximum absolute atomic E-state index is 11.2. The Bertz CT molecular complexity index is 643. The number of nitrogens with zero attached hydrogens (tertiary/aromatic N) is 1. The van der Waals surface area contributed by atoms with Gasteiger partial charge in [-0.1, -0.05) is 30.4 Å². The van der Waals surface area contributed by atoms with E-state index in [1.54, 1.807) is 0 Å². The first-order chi connectivity index (χ1) is 9.11. The number of carbonyl (C=O) groups is 1. The lowest BCUT2D eigenvalue weighted by molar-refractivity contribution is -0.138. The van der Waals surface area contributed by atoms with Crippen molar-refractivity contribution >= 4 is 39.9 Å². The third-order valence-corrected chi connectivity index (χ3v) is 2.84. The van der Waals surface area contributed by atoms with Crippen LogP contribution in [0.3, 0.4) is 0 Å². The topological polar surface area (TPSA) is 77.2 Å². The summed E-state index contributed by atoms with van der Waals surface area (Å²) in [6, 6.07) is 9.45. The number of rotatable bonds is 4. The molecule has 0 aliphatic rings. The summed E-state index contributed by atoms with van der Waals surface area (Å²) in [4.78, 5) is 15.8. The zero-order valence-corrected chi connectivity index (χ0v) is 11.2. The van der Waals surface area contributed by atoms with Gasteiger partial charge in [0.1, 0.15) is 17.4 Å². The van der Waals surface area contributed by atoms with Gasteiger partial charge >= 0.3 is 5.97 Å². The SMILES string of the molecule is COC(=O)CNc1nc2ccccc2cc1C(N)=S. The first kappa shape index (κ1) is 13.2. The zero-order valence-electron chi connectivity index (χ0n) is 10.3. The van der Waals surface area contributed by atoms with E-state index in [0.29, 0.717) is 11.4 Å². The number of methoxy groups -OCH3 is 1. The van der Waals surface area contributed by atoms with Gasteiger partial charge in [0, 0.05) is 5.39 Å². The molecule has 2 aromatic rings. The molecular weight excluding hydrogens is 262 g/mol. The number of aromatic nitrogens is 1. The standard InChI is InChI=1S/C13H13N3O2S/c1-18-11(17)7-15-13-9(12(14)19)6-8-4-2-3-5-10(8)16-13/h2-6H,7H2,1H3,(H2,14,19)(H,15,16). The zero-order chi connectivity index (χ0) is 13.8. The summed E-state index contributed by atoms with van der Waals surface area (Å²) < 4.78 is 4.57. The minimum atomic E-state index is -0.385. The fraction of sp³-hybridized carbons (Fsp3) is 0.154. The molecule has 0 fully saturated rings. The highest BCUT2D eigenvalue weighted by molar-refractivity contribution is 7.80. The lowest BCUT2D eigenvalue weighted by Gasteiger charge is -2.10. The van der Waals surface area contributed by atoms with Gasteiger partial charge < -0.3 is 15.8 Å². The number of benzene rings is 1. The van der Waals surface area contributed by atoms with Crippen LogP contribution in [-0.2, 0) is 9.53 Å². The predicted octanol–water partition coefficient (Wildman–Crippen LogP) is 1.45. The Balaban J connectivity index is 2.42. The second kappa shape index (κ2) is 5.62. The van der Waals surface area contributed by atoms with E-state index in [0.717, 1.165) is 10.9 Å². The molecule has 98 valence electrons. The number of pyridine rings is 1. The number of hydrogen-bond donors (Lipinski definition) is 2.